The van der Waals surface area contributed by atoms with Gasteiger partial charge in [0.1, 0.15) is 5.75 Å². The molecule has 0 saturated carbocycles. The number of aryl methyl sites for hydroxylation is 2. The van der Waals surface area contributed by atoms with Crippen LogP contribution >= 0.6 is 15.9 Å². The zero-order valence-corrected chi connectivity index (χ0v) is 12.7. The van der Waals surface area contributed by atoms with Crippen molar-refractivity contribution in [2.75, 3.05) is 6.79 Å². The van der Waals surface area contributed by atoms with Gasteiger partial charge in [-0.1, -0.05) is 46.3 Å². The topological polar surface area (TPSA) is 18.5 Å². The van der Waals surface area contributed by atoms with E-state index in [9.17, 15) is 0 Å². The Labute approximate surface area is 122 Å². The van der Waals surface area contributed by atoms with Crippen LogP contribution < -0.4 is 4.74 Å². The van der Waals surface area contributed by atoms with Crippen LogP contribution in [0.2, 0.25) is 0 Å². The van der Waals surface area contributed by atoms with Gasteiger partial charge in [0.05, 0.1) is 6.61 Å². The SMILES string of the molecule is Cc1cc(OCOCc2ccccc2)cc(C)c1Br. The van der Waals surface area contributed by atoms with Gasteiger partial charge in [0.15, 0.2) is 6.79 Å². The molecule has 0 aromatic heterocycles. The summed E-state index contributed by atoms with van der Waals surface area (Å²) < 4.78 is 12.2. The summed E-state index contributed by atoms with van der Waals surface area (Å²) >= 11 is 3.54. The monoisotopic (exact) mass is 320 g/mol. The minimum absolute atomic E-state index is 0.259. The summed E-state index contributed by atoms with van der Waals surface area (Å²) in [5.41, 5.74) is 3.48. The summed E-state index contributed by atoms with van der Waals surface area (Å²) in [4.78, 5) is 0. The molecule has 0 saturated heterocycles. The molecule has 100 valence electrons. The lowest BCUT2D eigenvalue weighted by atomic mass is 10.1. The van der Waals surface area contributed by atoms with Crippen LogP contribution in [0.25, 0.3) is 0 Å². The first-order valence-electron chi connectivity index (χ1n) is 6.18. The van der Waals surface area contributed by atoms with Crippen molar-refractivity contribution in [3.05, 3.63) is 63.6 Å². The van der Waals surface area contributed by atoms with Gasteiger partial charge in [-0.15, -0.1) is 0 Å². The summed E-state index contributed by atoms with van der Waals surface area (Å²) in [5.74, 6) is 0.839. The summed E-state index contributed by atoms with van der Waals surface area (Å²) in [5, 5.41) is 0. The van der Waals surface area contributed by atoms with Crippen LogP contribution in [-0.2, 0) is 11.3 Å². The second-order valence-corrected chi connectivity index (χ2v) is 5.26. The lowest BCUT2D eigenvalue weighted by Gasteiger charge is -2.10. The summed E-state index contributed by atoms with van der Waals surface area (Å²) in [7, 11) is 0. The van der Waals surface area contributed by atoms with Crippen molar-refractivity contribution in [3.63, 3.8) is 0 Å². The molecule has 0 fully saturated rings. The number of hydrogen-bond acceptors (Lipinski definition) is 2. The van der Waals surface area contributed by atoms with Gasteiger partial charge in [-0.25, -0.2) is 0 Å². The van der Waals surface area contributed by atoms with Gasteiger partial charge in [0, 0.05) is 4.47 Å². The fourth-order valence-corrected chi connectivity index (χ4v) is 2.06. The third-order valence-electron chi connectivity index (χ3n) is 2.83. The van der Waals surface area contributed by atoms with Crippen LogP contribution in [0.1, 0.15) is 16.7 Å². The Morgan fingerprint density at radius 1 is 1.00 bits per heavy atom. The summed E-state index contributed by atoms with van der Waals surface area (Å²) in [6.07, 6.45) is 0. The van der Waals surface area contributed by atoms with Crippen LogP contribution in [0, 0.1) is 13.8 Å². The number of rotatable bonds is 5. The molecule has 0 aliphatic rings. The van der Waals surface area contributed by atoms with E-state index in [0.717, 1.165) is 26.9 Å². The van der Waals surface area contributed by atoms with Gasteiger partial charge in [0.25, 0.3) is 0 Å². The molecule has 3 heteroatoms. The molecule has 0 N–H and O–H groups in total. The molecule has 0 spiro atoms. The predicted molar refractivity (Wildman–Crippen MR) is 80.3 cm³/mol. The number of halogens is 1. The van der Waals surface area contributed by atoms with Crippen LogP contribution in [0.5, 0.6) is 5.75 Å². The van der Waals surface area contributed by atoms with Gasteiger partial charge < -0.3 is 9.47 Å². The van der Waals surface area contributed by atoms with E-state index < -0.39 is 0 Å². The van der Waals surface area contributed by atoms with Gasteiger partial charge in [-0.05, 0) is 42.7 Å². The molecule has 0 amide bonds. The normalized spacial score (nSPS) is 10.5. The number of benzene rings is 2. The fraction of sp³-hybridized carbons (Fsp3) is 0.250. The van der Waals surface area contributed by atoms with E-state index in [-0.39, 0.29) is 6.79 Å². The van der Waals surface area contributed by atoms with E-state index in [0.29, 0.717) is 6.61 Å². The first kappa shape index (κ1) is 14.1. The molecule has 2 rings (SSSR count). The molecule has 0 bridgehead atoms. The molecule has 2 aromatic carbocycles. The van der Waals surface area contributed by atoms with Crippen LogP contribution in [-0.4, -0.2) is 6.79 Å². The summed E-state index contributed by atoms with van der Waals surface area (Å²) in [6.45, 7) is 4.92. The zero-order valence-electron chi connectivity index (χ0n) is 11.2. The highest BCUT2D eigenvalue weighted by molar-refractivity contribution is 9.10. The van der Waals surface area contributed by atoms with Crippen LogP contribution in [0.4, 0.5) is 0 Å². The van der Waals surface area contributed by atoms with E-state index >= 15 is 0 Å². The van der Waals surface area contributed by atoms with Crippen LogP contribution in [0.3, 0.4) is 0 Å². The molecule has 2 aromatic rings. The molecule has 19 heavy (non-hydrogen) atoms. The highest BCUT2D eigenvalue weighted by Crippen LogP contribution is 2.26. The van der Waals surface area contributed by atoms with Crippen molar-refractivity contribution in [2.24, 2.45) is 0 Å². The Balaban J connectivity index is 1.83. The zero-order chi connectivity index (χ0) is 13.7. The molecule has 0 unspecified atom stereocenters. The third-order valence-corrected chi connectivity index (χ3v) is 4.08. The van der Waals surface area contributed by atoms with Gasteiger partial charge in [-0.2, -0.15) is 0 Å². The minimum Gasteiger partial charge on any atom is -0.468 e. The maximum Gasteiger partial charge on any atom is 0.189 e. The highest BCUT2D eigenvalue weighted by Gasteiger charge is 2.03. The third kappa shape index (κ3) is 4.08. The molecule has 0 aliphatic carbocycles. The molecular formula is C16H17BrO2. The standard InChI is InChI=1S/C16H17BrO2/c1-12-8-15(9-13(2)16(12)17)19-11-18-10-14-6-4-3-5-7-14/h3-9H,10-11H2,1-2H3. The first-order chi connectivity index (χ1) is 9.16. The van der Waals surface area contributed by atoms with Crippen molar-refractivity contribution in [1.29, 1.82) is 0 Å². The molecule has 2 nitrogen and oxygen atoms in total. The average molecular weight is 321 g/mol. The Bertz CT molecular complexity index is 515. The maximum atomic E-state index is 5.60. The highest BCUT2D eigenvalue weighted by atomic mass is 79.9. The van der Waals surface area contributed by atoms with Gasteiger partial charge in [-0.3, -0.25) is 0 Å². The average Bonchev–Trinajstić information content (AvgIpc) is 2.42. The first-order valence-corrected chi connectivity index (χ1v) is 6.97. The van der Waals surface area contributed by atoms with E-state index in [4.69, 9.17) is 9.47 Å². The molecular weight excluding hydrogens is 304 g/mol. The van der Waals surface area contributed by atoms with E-state index in [1.807, 2.05) is 42.5 Å². The lowest BCUT2D eigenvalue weighted by molar-refractivity contribution is 0.00499. The Morgan fingerprint density at radius 2 is 1.63 bits per heavy atom. The second-order valence-electron chi connectivity index (χ2n) is 4.47. The molecule has 0 atom stereocenters. The molecule has 0 heterocycles. The Hall–Kier alpha value is -1.32. The summed E-state index contributed by atoms with van der Waals surface area (Å²) in [6, 6.07) is 14.1. The van der Waals surface area contributed by atoms with E-state index in [1.165, 1.54) is 0 Å². The van der Waals surface area contributed by atoms with Crippen molar-refractivity contribution < 1.29 is 9.47 Å². The second kappa shape index (κ2) is 6.73. The molecule has 0 radical (unpaired) electrons. The van der Waals surface area contributed by atoms with E-state index in [1.54, 1.807) is 0 Å². The quantitative estimate of drug-likeness (QED) is 0.591. The predicted octanol–water partition coefficient (Wildman–Crippen LogP) is 4.62. The largest absolute Gasteiger partial charge is 0.468 e. The number of ether oxygens (including phenoxy) is 2. The van der Waals surface area contributed by atoms with Gasteiger partial charge >= 0.3 is 0 Å². The van der Waals surface area contributed by atoms with Crippen molar-refractivity contribution >= 4 is 15.9 Å². The maximum absolute atomic E-state index is 5.60. The van der Waals surface area contributed by atoms with Crippen molar-refractivity contribution in [3.8, 4) is 5.75 Å². The van der Waals surface area contributed by atoms with Crippen LogP contribution in [0.15, 0.2) is 46.9 Å². The molecule has 0 aliphatic heterocycles. The van der Waals surface area contributed by atoms with E-state index in [2.05, 4.69) is 29.8 Å². The smallest absolute Gasteiger partial charge is 0.189 e. The fourth-order valence-electron chi connectivity index (χ4n) is 1.83. The number of hydrogen-bond donors (Lipinski definition) is 0. The van der Waals surface area contributed by atoms with Crippen molar-refractivity contribution in [2.45, 2.75) is 20.5 Å². The minimum atomic E-state index is 0.259. The Morgan fingerprint density at radius 3 is 2.26 bits per heavy atom. The lowest BCUT2D eigenvalue weighted by Crippen LogP contribution is -2.03. The van der Waals surface area contributed by atoms with Gasteiger partial charge in [0.2, 0.25) is 0 Å². The Kier molecular flexibility index (Phi) is 5.00. The van der Waals surface area contributed by atoms with Crippen molar-refractivity contribution in [1.82, 2.24) is 0 Å².